The second kappa shape index (κ2) is 6.43. The quantitative estimate of drug-likeness (QED) is 0.730. The molecule has 0 aliphatic heterocycles. The van der Waals surface area contributed by atoms with Gasteiger partial charge in [0.2, 0.25) is 0 Å². The number of hydrogen-bond donors (Lipinski definition) is 1. The largest absolute Gasteiger partial charge is 0.508 e. The first-order valence-corrected chi connectivity index (χ1v) is 8.38. The molecule has 1 saturated carbocycles. The summed E-state index contributed by atoms with van der Waals surface area (Å²) in [5, 5.41) is 10.3. The highest BCUT2D eigenvalue weighted by Gasteiger charge is 2.35. The van der Waals surface area contributed by atoms with Crippen LogP contribution in [-0.4, -0.2) is 12.2 Å². The van der Waals surface area contributed by atoms with Gasteiger partial charge in [0.05, 0.1) is 11.6 Å². The third kappa shape index (κ3) is 3.45. The molecule has 1 aliphatic carbocycles. The van der Waals surface area contributed by atoms with Gasteiger partial charge in [-0.05, 0) is 77.6 Å². The van der Waals surface area contributed by atoms with Crippen molar-refractivity contribution in [3.63, 3.8) is 0 Å². The van der Waals surface area contributed by atoms with Gasteiger partial charge in [-0.2, -0.15) is 0 Å². The Hall–Kier alpha value is -0.960. The molecule has 3 heteroatoms. The minimum absolute atomic E-state index is 0.271. The van der Waals surface area contributed by atoms with Gasteiger partial charge in [-0.15, -0.1) is 0 Å². The van der Waals surface area contributed by atoms with Crippen molar-refractivity contribution in [2.24, 2.45) is 11.3 Å². The molecule has 0 saturated heterocycles. The van der Waals surface area contributed by atoms with Gasteiger partial charge in [0.15, 0.2) is 0 Å². The van der Waals surface area contributed by atoms with Crippen LogP contribution in [0.5, 0.6) is 11.5 Å². The third-order valence-electron chi connectivity index (χ3n) is 4.83. The SMILES string of the molecule is CC=C1CCCC(C)(C)C1Cc1cc(OC)c(Br)cc1O. The van der Waals surface area contributed by atoms with Gasteiger partial charge in [0, 0.05) is 0 Å². The molecule has 1 aromatic rings. The van der Waals surface area contributed by atoms with Crippen molar-refractivity contribution < 1.29 is 9.84 Å². The normalized spacial score (nSPS) is 23.3. The van der Waals surface area contributed by atoms with Crippen LogP contribution in [0.4, 0.5) is 0 Å². The van der Waals surface area contributed by atoms with Crippen LogP contribution in [-0.2, 0) is 6.42 Å². The van der Waals surface area contributed by atoms with E-state index in [9.17, 15) is 5.11 Å². The fraction of sp³-hybridized carbons (Fsp3) is 0.556. The number of ether oxygens (including phenoxy) is 1. The molecule has 0 radical (unpaired) electrons. The number of rotatable bonds is 3. The van der Waals surface area contributed by atoms with Crippen LogP contribution in [0.1, 0.15) is 45.6 Å². The second-order valence-corrected chi connectivity index (χ2v) is 7.43. The van der Waals surface area contributed by atoms with Crippen molar-refractivity contribution in [3.8, 4) is 11.5 Å². The maximum Gasteiger partial charge on any atom is 0.133 e. The van der Waals surface area contributed by atoms with Gasteiger partial charge in [-0.3, -0.25) is 0 Å². The smallest absolute Gasteiger partial charge is 0.133 e. The van der Waals surface area contributed by atoms with Crippen molar-refractivity contribution in [1.82, 2.24) is 0 Å². The molecule has 0 aromatic heterocycles. The standard InChI is InChI=1S/C18H25BrO2/c1-5-12-7-6-8-18(2,3)14(12)9-13-10-17(21-4)15(19)11-16(13)20/h5,10-11,14,20H,6-9H2,1-4H3. The summed E-state index contributed by atoms with van der Waals surface area (Å²) in [5.74, 6) is 1.60. The van der Waals surface area contributed by atoms with Crippen molar-refractivity contribution in [3.05, 3.63) is 33.8 Å². The first-order valence-electron chi connectivity index (χ1n) is 7.59. The molecule has 116 valence electrons. The van der Waals surface area contributed by atoms with Gasteiger partial charge in [-0.1, -0.05) is 25.5 Å². The number of aromatic hydroxyl groups is 1. The average Bonchev–Trinajstić information content (AvgIpc) is 2.43. The zero-order valence-electron chi connectivity index (χ0n) is 13.4. The average molecular weight is 353 g/mol. The fourth-order valence-corrected chi connectivity index (χ4v) is 3.97. The molecular formula is C18H25BrO2. The topological polar surface area (TPSA) is 29.5 Å². The Labute approximate surface area is 136 Å². The van der Waals surface area contributed by atoms with E-state index in [1.54, 1.807) is 13.2 Å². The van der Waals surface area contributed by atoms with Crippen LogP contribution in [0.3, 0.4) is 0 Å². The lowest BCUT2D eigenvalue weighted by Gasteiger charge is -2.41. The summed E-state index contributed by atoms with van der Waals surface area (Å²) in [4.78, 5) is 0. The molecule has 0 amide bonds. The lowest BCUT2D eigenvalue weighted by molar-refractivity contribution is 0.187. The monoisotopic (exact) mass is 352 g/mol. The maximum atomic E-state index is 10.3. The molecule has 1 N–H and O–H groups in total. The predicted octanol–water partition coefficient (Wildman–Crippen LogP) is 5.48. The Morgan fingerprint density at radius 2 is 2.14 bits per heavy atom. The third-order valence-corrected chi connectivity index (χ3v) is 5.45. The lowest BCUT2D eigenvalue weighted by atomic mass is 9.64. The summed E-state index contributed by atoms with van der Waals surface area (Å²) in [6, 6.07) is 3.69. The van der Waals surface area contributed by atoms with Crippen molar-refractivity contribution >= 4 is 15.9 Å². The lowest BCUT2D eigenvalue weighted by Crippen LogP contribution is -2.31. The van der Waals surface area contributed by atoms with Crippen LogP contribution in [0.25, 0.3) is 0 Å². The van der Waals surface area contributed by atoms with E-state index in [2.05, 4.69) is 42.8 Å². The molecule has 0 heterocycles. The van der Waals surface area contributed by atoms with E-state index in [4.69, 9.17) is 4.74 Å². The number of halogens is 1. The molecule has 1 unspecified atom stereocenters. The van der Waals surface area contributed by atoms with Crippen LogP contribution in [0, 0.1) is 11.3 Å². The highest BCUT2D eigenvalue weighted by Crippen LogP contribution is 2.46. The summed E-state index contributed by atoms with van der Waals surface area (Å²) < 4.78 is 6.15. The summed E-state index contributed by atoms with van der Waals surface area (Å²) in [6.07, 6.45) is 6.81. The van der Waals surface area contributed by atoms with Gasteiger partial charge in [-0.25, -0.2) is 0 Å². The van der Waals surface area contributed by atoms with Crippen LogP contribution in [0.2, 0.25) is 0 Å². The van der Waals surface area contributed by atoms with Gasteiger partial charge in [0.1, 0.15) is 11.5 Å². The van der Waals surface area contributed by atoms with E-state index in [1.807, 2.05) is 6.07 Å². The minimum atomic E-state index is 0.271. The van der Waals surface area contributed by atoms with Gasteiger partial charge >= 0.3 is 0 Å². The zero-order chi connectivity index (χ0) is 15.6. The summed E-state index contributed by atoms with van der Waals surface area (Å²) in [6.45, 7) is 6.81. The molecule has 1 fully saturated rings. The van der Waals surface area contributed by atoms with Crippen molar-refractivity contribution in [2.75, 3.05) is 7.11 Å². The molecular weight excluding hydrogens is 328 g/mol. The minimum Gasteiger partial charge on any atom is -0.508 e. The molecule has 2 rings (SSSR count). The molecule has 0 spiro atoms. The molecule has 0 bridgehead atoms. The Kier molecular flexibility index (Phi) is 5.03. The Morgan fingerprint density at radius 1 is 1.43 bits per heavy atom. The molecule has 21 heavy (non-hydrogen) atoms. The van der Waals surface area contributed by atoms with Gasteiger partial charge in [0.25, 0.3) is 0 Å². The molecule has 1 aromatic carbocycles. The van der Waals surface area contributed by atoms with Crippen molar-refractivity contribution in [2.45, 2.75) is 46.5 Å². The number of phenolic OH excluding ortho intramolecular Hbond substituents is 1. The molecule has 2 nitrogen and oxygen atoms in total. The van der Waals surface area contributed by atoms with Crippen LogP contribution < -0.4 is 4.74 Å². The maximum absolute atomic E-state index is 10.3. The van der Waals surface area contributed by atoms with Crippen LogP contribution in [0.15, 0.2) is 28.3 Å². The molecule has 1 atom stereocenters. The number of phenols is 1. The number of hydrogen-bond acceptors (Lipinski definition) is 2. The predicted molar refractivity (Wildman–Crippen MR) is 90.9 cm³/mol. The van der Waals surface area contributed by atoms with Gasteiger partial charge < -0.3 is 9.84 Å². The number of allylic oxidation sites excluding steroid dienone is 2. The highest BCUT2D eigenvalue weighted by molar-refractivity contribution is 9.10. The van der Waals surface area contributed by atoms with E-state index in [0.29, 0.717) is 11.7 Å². The van der Waals surface area contributed by atoms with E-state index in [0.717, 1.165) is 22.2 Å². The van der Waals surface area contributed by atoms with E-state index < -0.39 is 0 Å². The summed E-state index contributed by atoms with van der Waals surface area (Å²) in [5.41, 5.74) is 2.76. The summed E-state index contributed by atoms with van der Waals surface area (Å²) >= 11 is 3.42. The zero-order valence-corrected chi connectivity index (χ0v) is 15.0. The summed E-state index contributed by atoms with van der Waals surface area (Å²) in [7, 11) is 1.66. The first kappa shape index (κ1) is 16.4. The number of methoxy groups -OCH3 is 1. The van der Waals surface area contributed by atoms with E-state index >= 15 is 0 Å². The Balaban J connectivity index is 2.35. The molecule has 1 aliphatic rings. The second-order valence-electron chi connectivity index (χ2n) is 6.58. The highest BCUT2D eigenvalue weighted by atomic mass is 79.9. The Morgan fingerprint density at radius 3 is 2.76 bits per heavy atom. The first-order chi connectivity index (χ1) is 9.89. The van der Waals surface area contributed by atoms with Crippen molar-refractivity contribution in [1.29, 1.82) is 0 Å². The van der Waals surface area contributed by atoms with Crippen LogP contribution >= 0.6 is 15.9 Å². The van der Waals surface area contributed by atoms with E-state index in [-0.39, 0.29) is 5.41 Å². The number of benzene rings is 1. The Bertz CT molecular complexity index is 546. The fourth-order valence-electron chi connectivity index (χ4n) is 3.48. The van der Waals surface area contributed by atoms with E-state index in [1.165, 1.54) is 24.8 Å².